The molecule has 1 fully saturated rings. The van der Waals surface area contributed by atoms with Gasteiger partial charge in [-0.1, -0.05) is 39.7 Å². The van der Waals surface area contributed by atoms with Crippen molar-refractivity contribution in [2.75, 3.05) is 0 Å². The van der Waals surface area contributed by atoms with E-state index in [2.05, 4.69) is 35.5 Å². The van der Waals surface area contributed by atoms with E-state index in [1.165, 1.54) is 5.57 Å². The van der Waals surface area contributed by atoms with Crippen LogP contribution < -0.4 is 0 Å². The third-order valence-corrected chi connectivity index (χ3v) is 5.75. The molecule has 2 aliphatic rings. The summed E-state index contributed by atoms with van der Waals surface area (Å²) in [5.74, 6) is 0.759. The molecule has 0 heterocycles. The van der Waals surface area contributed by atoms with E-state index in [1.807, 2.05) is 6.92 Å². The zero-order valence-corrected chi connectivity index (χ0v) is 11.8. The molecule has 2 aliphatic carbocycles. The van der Waals surface area contributed by atoms with Crippen molar-refractivity contribution < 1.29 is 5.11 Å². The second-order valence-corrected chi connectivity index (χ2v) is 7.00. The van der Waals surface area contributed by atoms with Crippen LogP contribution in [-0.4, -0.2) is 15.5 Å². The number of halogens is 1. The van der Waals surface area contributed by atoms with Crippen molar-refractivity contribution in [1.82, 2.24) is 0 Å². The van der Waals surface area contributed by atoms with Crippen LogP contribution >= 0.6 is 15.9 Å². The molecule has 1 saturated carbocycles. The van der Waals surface area contributed by atoms with Gasteiger partial charge in [0.05, 0.1) is 10.4 Å². The average molecular weight is 285 g/mol. The van der Waals surface area contributed by atoms with Gasteiger partial charge in [0.25, 0.3) is 0 Å². The summed E-state index contributed by atoms with van der Waals surface area (Å²) in [6, 6.07) is 0. The number of rotatable bonds is 1. The first-order valence-electron chi connectivity index (χ1n) is 6.15. The van der Waals surface area contributed by atoms with Gasteiger partial charge in [-0.05, 0) is 45.4 Å². The highest BCUT2D eigenvalue weighted by molar-refractivity contribution is 9.10. The topological polar surface area (TPSA) is 20.2 Å². The Morgan fingerprint density at radius 3 is 2.88 bits per heavy atom. The van der Waals surface area contributed by atoms with Crippen molar-refractivity contribution in [2.45, 2.75) is 50.0 Å². The minimum atomic E-state index is -0.284. The normalized spacial score (nSPS) is 43.5. The van der Waals surface area contributed by atoms with Gasteiger partial charge in [-0.15, -0.1) is 0 Å². The molecule has 0 bridgehead atoms. The molecule has 0 aromatic carbocycles. The van der Waals surface area contributed by atoms with Gasteiger partial charge in [-0.3, -0.25) is 0 Å². The summed E-state index contributed by atoms with van der Waals surface area (Å²) in [5.41, 5.74) is 2.59. The minimum absolute atomic E-state index is 0.103. The molecule has 4 atom stereocenters. The van der Waals surface area contributed by atoms with Gasteiger partial charge in [-0.25, -0.2) is 0 Å². The van der Waals surface area contributed by atoms with Gasteiger partial charge in [0.1, 0.15) is 0 Å². The van der Waals surface area contributed by atoms with E-state index >= 15 is 0 Å². The summed E-state index contributed by atoms with van der Waals surface area (Å²) in [5, 5.41) is 10.5. The monoisotopic (exact) mass is 284 g/mol. The van der Waals surface area contributed by atoms with E-state index in [-0.39, 0.29) is 16.3 Å². The maximum Gasteiger partial charge on any atom is 0.0764 e. The Morgan fingerprint density at radius 2 is 2.25 bits per heavy atom. The summed E-state index contributed by atoms with van der Waals surface area (Å²) < 4.78 is -0.103. The molecule has 0 spiro atoms. The van der Waals surface area contributed by atoms with Crippen molar-refractivity contribution in [3.63, 3.8) is 0 Å². The molecule has 0 amide bonds. The average Bonchev–Trinajstić information content (AvgIpc) is 2.21. The number of aliphatic hydroxyl groups is 1. The third-order valence-electron chi connectivity index (χ3n) is 4.30. The Balaban J connectivity index is 2.27. The summed E-state index contributed by atoms with van der Waals surface area (Å²) in [6.07, 6.45) is 6.45. The Hall–Kier alpha value is -0.0800. The highest BCUT2D eigenvalue weighted by Crippen LogP contribution is 2.51. The highest BCUT2D eigenvalue weighted by atomic mass is 79.9. The van der Waals surface area contributed by atoms with Crippen molar-refractivity contribution in [3.05, 3.63) is 23.8 Å². The SMILES string of the molecule is C=C(C)[C@H]1CC[C@H]2C=C(C)CC[C@@]2(Br)[C@@H]1O. The molecule has 90 valence electrons. The summed E-state index contributed by atoms with van der Waals surface area (Å²) >= 11 is 3.84. The summed E-state index contributed by atoms with van der Waals surface area (Å²) in [4.78, 5) is 0. The van der Waals surface area contributed by atoms with Crippen LogP contribution in [0.15, 0.2) is 23.8 Å². The molecule has 2 heteroatoms. The Morgan fingerprint density at radius 1 is 1.56 bits per heavy atom. The Labute approximate surface area is 107 Å². The fourth-order valence-corrected chi connectivity index (χ4v) is 4.08. The molecule has 2 rings (SSSR count). The van der Waals surface area contributed by atoms with Crippen LogP contribution in [0.25, 0.3) is 0 Å². The lowest BCUT2D eigenvalue weighted by atomic mass is 9.65. The summed E-state index contributed by atoms with van der Waals surface area (Å²) in [7, 11) is 0. The largest absolute Gasteiger partial charge is 0.391 e. The van der Waals surface area contributed by atoms with Gasteiger partial charge in [0.2, 0.25) is 0 Å². The van der Waals surface area contributed by atoms with E-state index < -0.39 is 0 Å². The Bertz CT molecular complexity index is 334. The van der Waals surface area contributed by atoms with Gasteiger partial charge in [0, 0.05) is 5.92 Å². The number of fused-ring (bicyclic) bond motifs is 1. The second-order valence-electron chi connectivity index (χ2n) is 5.52. The van der Waals surface area contributed by atoms with Crippen molar-refractivity contribution >= 4 is 15.9 Å². The number of alkyl halides is 1. The van der Waals surface area contributed by atoms with Gasteiger partial charge < -0.3 is 5.11 Å². The van der Waals surface area contributed by atoms with Crippen LogP contribution in [0.1, 0.15) is 39.5 Å². The van der Waals surface area contributed by atoms with Crippen LogP contribution in [0.2, 0.25) is 0 Å². The first-order chi connectivity index (χ1) is 7.45. The molecule has 0 aromatic heterocycles. The van der Waals surface area contributed by atoms with Gasteiger partial charge in [0.15, 0.2) is 0 Å². The molecular formula is C14H21BrO. The van der Waals surface area contributed by atoms with Crippen molar-refractivity contribution in [1.29, 1.82) is 0 Å². The first kappa shape index (κ1) is 12.4. The molecule has 0 unspecified atom stereocenters. The number of allylic oxidation sites excluding steroid dienone is 2. The maximum atomic E-state index is 10.5. The third kappa shape index (κ3) is 1.91. The lowest BCUT2D eigenvalue weighted by molar-refractivity contribution is 0.0290. The number of aliphatic hydroxyl groups excluding tert-OH is 1. The molecule has 1 nitrogen and oxygen atoms in total. The molecule has 0 radical (unpaired) electrons. The standard InChI is InChI=1S/C14H21BrO/c1-9(2)12-5-4-11-8-10(3)6-7-14(11,15)13(12)16/h8,11-13,16H,1,4-7H2,2-3H3/t11-,12+,13+,14-/m0/s1. The Kier molecular flexibility index (Phi) is 3.33. The number of hydrogen-bond donors (Lipinski definition) is 1. The van der Waals surface area contributed by atoms with Crippen LogP contribution in [0, 0.1) is 11.8 Å². The maximum absolute atomic E-state index is 10.5. The van der Waals surface area contributed by atoms with Crippen LogP contribution in [0.4, 0.5) is 0 Å². The predicted octanol–water partition coefficient (Wildman–Crippen LogP) is 3.82. The predicted molar refractivity (Wildman–Crippen MR) is 71.7 cm³/mol. The fraction of sp³-hybridized carbons (Fsp3) is 0.714. The molecule has 0 aliphatic heterocycles. The molecule has 1 N–H and O–H groups in total. The summed E-state index contributed by atoms with van der Waals surface area (Å²) in [6.45, 7) is 8.25. The van der Waals surface area contributed by atoms with E-state index in [0.717, 1.165) is 31.3 Å². The molecular weight excluding hydrogens is 264 g/mol. The molecule has 0 aromatic rings. The quantitative estimate of drug-likeness (QED) is 0.573. The zero-order valence-electron chi connectivity index (χ0n) is 10.2. The lowest BCUT2D eigenvalue weighted by Gasteiger charge is -2.49. The minimum Gasteiger partial charge on any atom is -0.391 e. The zero-order chi connectivity index (χ0) is 11.9. The fourth-order valence-electron chi connectivity index (χ4n) is 3.20. The van der Waals surface area contributed by atoms with Crippen LogP contribution in [0.5, 0.6) is 0 Å². The molecule has 0 saturated heterocycles. The van der Waals surface area contributed by atoms with Crippen molar-refractivity contribution in [2.24, 2.45) is 11.8 Å². The second kappa shape index (κ2) is 4.30. The smallest absolute Gasteiger partial charge is 0.0764 e. The van der Waals surface area contributed by atoms with Gasteiger partial charge >= 0.3 is 0 Å². The van der Waals surface area contributed by atoms with Crippen LogP contribution in [-0.2, 0) is 0 Å². The highest BCUT2D eigenvalue weighted by Gasteiger charge is 2.49. The van der Waals surface area contributed by atoms with Crippen LogP contribution in [0.3, 0.4) is 0 Å². The van der Waals surface area contributed by atoms with E-state index in [9.17, 15) is 5.11 Å². The first-order valence-corrected chi connectivity index (χ1v) is 6.94. The number of hydrogen-bond acceptors (Lipinski definition) is 1. The van der Waals surface area contributed by atoms with Gasteiger partial charge in [-0.2, -0.15) is 0 Å². The molecule has 16 heavy (non-hydrogen) atoms. The van der Waals surface area contributed by atoms with Crippen molar-refractivity contribution in [3.8, 4) is 0 Å². The van der Waals surface area contributed by atoms with E-state index in [0.29, 0.717) is 5.92 Å². The van der Waals surface area contributed by atoms with E-state index in [1.54, 1.807) is 0 Å². The lowest BCUT2D eigenvalue weighted by Crippen LogP contribution is -2.51. The van der Waals surface area contributed by atoms with E-state index in [4.69, 9.17) is 0 Å².